The van der Waals surface area contributed by atoms with Gasteiger partial charge >= 0.3 is 6.09 Å². The summed E-state index contributed by atoms with van der Waals surface area (Å²) >= 11 is 1.72. The number of carbonyl (C=O) groups is 3. The lowest BCUT2D eigenvalue weighted by molar-refractivity contribution is -0.127. The summed E-state index contributed by atoms with van der Waals surface area (Å²) in [6, 6.07) is 0.203. The molecule has 0 aromatic rings. The fraction of sp³-hybridized carbons (Fsp3) is 0.833. The zero-order valence-corrected chi connectivity index (χ0v) is 16.1. The van der Waals surface area contributed by atoms with E-state index in [2.05, 4.69) is 16.0 Å². The normalized spacial score (nSPS) is 33.8. The molecular weight excluding hydrogens is 354 g/mol. The maximum absolute atomic E-state index is 12.7. The Balaban J connectivity index is 1.55. The molecule has 1 aliphatic heterocycles. The van der Waals surface area contributed by atoms with Gasteiger partial charge in [0.1, 0.15) is 5.37 Å². The molecule has 7 nitrogen and oxygen atoms in total. The molecule has 146 valence electrons. The second-order valence-corrected chi connectivity index (χ2v) is 8.68. The highest BCUT2D eigenvalue weighted by Crippen LogP contribution is 2.37. The Kier molecular flexibility index (Phi) is 6.80. The van der Waals surface area contributed by atoms with E-state index in [1.807, 2.05) is 0 Å². The maximum Gasteiger partial charge on any atom is 0.413 e. The van der Waals surface area contributed by atoms with Gasteiger partial charge in [-0.2, -0.15) is 0 Å². The molecule has 26 heavy (non-hydrogen) atoms. The van der Waals surface area contributed by atoms with E-state index in [1.54, 1.807) is 18.7 Å². The summed E-state index contributed by atoms with van der Waals surface area (Å²) in [6.45, 7) is 1.91. The topological polar surface area (TPSA) is 96.5 Å². The van der Waals surface area contributed by atoms with Gasteiger partial charge < -0.3 is 10.1 Å². The standard InChI is InChI=1S/C18H29N3O4S/c1-2-25-18(24)21-15(22)11-7-3-4-8-12(11)19-16(23)17-20-13-9-5-6-10-14(13)26-17/h11-14,17,20H,2-10H2,1H3,(H,19,23)(H,21,22,24). The molecule has 2 saturated carbocycles. The van der Waals surface area contributed by atoms with Crippen LogP contribution in [0.25, 0.3) is 0 Å². The fourth-order valence-corrected chi connectivity index (χ4v) is 5.73. The monoisotopic (exact) mass is 383 g/mol. The van der Waals surface area contributed by atoms with Crippen LogP contribution in [0, 0.1) is 5.92 Å². The first-order chi connectivity index (χ1) is 12.6. The van der Waals surface area contributed by atoms with Crippen molar-refractivity contribution in [3.8, 4) is 0 Å². The Morgan fingerprint density at radius 3 is 2.54 bits per heavy atom. The van der Waals surface area contributed by atoms with Crippen LogP contribution in [0.2, 0.25) is 0 Å². The second-order valence-electron chi connectivity index (χ2n) is 7.33. The van der Waals surface area contributed by atoms with E-state index in [0.717, 1.165) is 25.7 Å². The average Bonchev–Trinajstić information content (AvgIpc) is 3.06. The van der Waals surface area contributed by atoms with Crippen molar-refractivity contribution in [2.45, 2.75) is 81.0 Å². The highest BCUT2D eigenvalue weighted by Gasteiger charge is 2.41. The summed E-state index contributed by atoms with van der Waals surface area (Å²) in [4.78, 5) is 36.7. The van der Waals surface area contributed by atoms with Gasteiger partial charge in [-0.05, 0) is 32.6 Å². The van der Waals surface area contributed by atoms with Gasteiger partial charge in [-0.3, -0.25) is 20.2 Å². The van der Waals surface area contributed by atoms with Crippen molar-refractivity contribution < 1.29 is 19.1 Å². The summed E-state index contributed by atoms with van der Waals surface area (Å²) in [5.74, 6) is -0.773. The number of carbonyl (C=O) groups excluding carboxylic acids is 3. The van der Waals surface area contributed by atoms with Gasteiger partial charge in [0.05, 0.1) is 12.5 Å². The molecule has 5 atom stereocenters. The first kappa shape index (κ1) is 19.5. The Morgan fingerprint density at radius 1 is 1.04 bits per heavy atom. The van der Waals surface area contributed by atoms with Crippen molar-refractivity contribution in [1.29, 1.82) is 0 Å². The zero-order chi connectivity index (χ0) is 18.5. The SMILES string of the molecule is CCOC(=O)NC(=O)C1CCCCC1NC(=O)C1NC2CCCCC2S1. The van der Waals surface area contributed by atoms with Crippen LogP contribution in [0.4, 0.5) is 4.79 Å². The van der Waals surface area contributed by atoms with E-state index in [9.17, 15) is 14.4 Å². The number of rotatable bonds is 4. The minimum atomic E-state index is -0.717. The van der Waals surface area contributed by atoms with Gasteiger partial charge in [0.15, 0.2) is 0 Å². The van der Waals surface area contributed by atoms with Gasteiger partial charge in [-0.1, -0.05) is 25.7 Å². The number of nitrogens with one attached hydrogen (secondary N) is 3. The Bertz CT molecular complexity index is 531. The maximum atomic E-state index is 12.7. The third-order valence-corrected chi connectivity index (χ3v) is 7.08. The number of imide groups is 1. The molecule has 8 heteroatoms. The van der Waals surface area contributed by atoms with Crippen LogP contribution in [0.1, 0.15) is 58.3 Å². The van der Waals surface area contributed by atoms with Crippen LogP contribution in [0.5, 0.6) is 0 Å². The quantitative estimate of drug-likeness (QED) is 0.686. The number of amides is 3. The number of alkyl carbamates (subject to hydrolysis) is 1. The van der Waals surface area contributed by atoms with E-state index in [-0.39, 0.29) is 35.8 Å². The molecule has 3 aliphatic rings. The summed E-state index contributed by atoms with van der Waals surface area (Å²) < 4.78 is 4.78. The largest absolute Gasteiger partial charge is 0.450 e. The van der Waals surface area contributed by atoms with E-state index in [0.29, 0.717) is 17.7 Å². The molecule has 1 saturated heterocycles. The van der Waals surface area contributed by atoms with Crippen molar-refractivity contribution in [3.63, 3.8) is 0 Å². The highest BCUT2D eigenvalue weighted by molar-refractivity contribution is 8.01. The molecule has 0 aromatic carbocycles. The van der Waals surface area contributed by atoms with Crippen LogP contribution in [0.15, 0.2) is 0 Å². The van der Waals surface area contributed by atoms with E-state index >= 15 is 0 Å². The lowest BCUT2D eigenvalue weighted by Gasteiger charge is -2.31. The lowest BCUT2D eigenvalue weighted by atomic mass is 9.83. The fourth-order valence-electron chi connectivity index (χ4n) is 4.23. The first-order valence-electron chi connectivity index (χ1n) is 9.78. The van der Waals surface area contributed by atoms with E-state index in [1.165, 1.54) is 19.3 Å². The summed E-state index contributed by atoms with van der Waals surface area (Å²) in [5.41, 5.74) is 0. The van der Waals surface area contributed by atoms with Crippen LogP contribution in [0.3, 0.4) is 0 Å². The Morgan fingerprint density at radius 2 is 1.77 bits per heavy atom. The van der Waals surface area contributed by atoms with Crippen molar-refractivity contribution in [1.82, 2.24) is 16.0 Å². The molecule has 3 amide bonds. The van der Waals surface area contributed by atoms with Gasteiger partial charge in [-0.25, -0.2) is 4.79 Å². The van der Waals surface area contributed by atoms with Crippen molar-refractivity contribution in [2.24, 2.45) is 5.92 Å². The molecule has 3 fully saturated rings. The Labute approximate surface area is 158 Å². The van der Waals surface area contributed by atoms with Crippen LogP contribution in [-0.4, -0.2) is 47.2 Å². The number of ether oxygens (including phenoxy) is 1. The molecule has 0 radical (unpaired) electrons. The number of fused-ring (bicyclic) bond motifs is 1. The summed E-state index contributed by atoms with van der Waals surface area (Å²) in [5, 5.41) is 9.10. The zero-order valence-electron chi connectivity index (χ0n) is 15.3. The molecule has 3 rings (SSSR count). The number of hydrogen-bond acceptors (Lipinski definition) is 6. The summed E-state index contributed by atoms with van der Waals surface area (Å²) in [6.07, 6.45) is 7.38. The lowest BCUT2D eigenvalue weighted by Crippen LogP contribution is -2.53. The smallest absolute Gasteiger partial charge is 0.413 e. The van der Waals surface area contributed by atoms with Crippen molar-refractivity contribution in [3.05, 3.63) is 0 Å². The molecule has 5 unspecified atom stereocenters. The molecule has 2 aliphatic carbocycles. The number of hydrogen-bond donors (Lipinski definition) is 3. The highest BCUT2D eigenvalue weighted by atomic mass is 32.2. The molecule has 1 heterocycles. The molecular formula is C18H29N3O4S. The minimum Gasteiger partial charge on any atom is -0.450 e. The average molecular weight is 384 g/mol. The van der Waals surface area contributed by atoms with Crippen LogP contribution in [-0.2, 0) is 14.3 Å². The van der Waals surface area contributed by atoms with E-state index in [4.69, 9.17) is 4.74 Å². The van der Waals surface area contributed by atoms with Gasteiger partial charge in [0, 0.05) is 17.3 Å². The minimum absolute atomic E-state index is 0.0368. The van der Waals surface area contributed by atoms with Gasteiger partial charge in [0.25, 0.3) is 0 Å². The summed E-state index contributed by atoms with van der Waals surface area (Å²) in [7, 11) is 0. The number of thioether (sulfide) groups is 1. The van der Waals surface area contributed by atoms with Crippen molar-refractivity contribution in [2.75, 3.05) is 6.61 Å². The predicted molar refractivity (Wildman–Crippen MR) is 99.6 cm³/mol. The molecule has 0 aromatic heterocycles. The van der Waals surface area contributed by atoms with Crippen LogP contribution < -0.4 is 16.0 Å². The van der Waals surface area contributed by atoms with E-state index < -0.39 is 6.09 Å². The third-order valence-electron chi connectivity index (χ3n) is 5.55. The first-order valence-corrected chi connectivity index (χ1v) is 10.7. The third kappa shape index (κ3) is 4.71. The molecule has 0 spiro atoms. The van der Waals surface area contributed by atoms with Crippen LogP contribution >= 0.6 is 11.8 Å². The molecule has 3 N–H and O–H groups in total. The van der Waals surface area contributed by atoms with Crippen molar-refractivity contribution >= 4 is 29.7 Å². The molecule has 0 bridgehead atoms. The van der Waals surface area contributed by atoms with Gasteiger partial charge in [-0.15, -0.1) is 11.8 Å². The second kappa shape index (κ2) is 9.08. The Hall–Kier alpha value is -1.28. The predicted octanol–water partition coefficient (Wildman–Crippen LogP) is 1.91. The van der Waals surface area contributed by atoms with Gasteiger partial charge in [0.2, 0.25) is 11.8 Å².